The number of aliphatic hydroxyl groups excluding tert-OH is 1. The maximum absolute atomic E-state index is 10.9. The summed E-state index contributed by atoms with van der Waals surface area (Å²) in [5.41, 5.74) is 2.79. The van der Waals surface area contributed by atoms with Crippen LogP contribution in [-0.4, -0.2) is 15.3 Å². The van der Waals surface area contributed by atoms with Gasteiger partial charge in [0.2, 0.25) is 0 Å². The Labute approximate surface area is 164 Å². The van der Waals surface area contributed by atoms with E-state index in [0.29, 0.717) is 16.7 Å². The molecular formula is C25H24O3. The van der Waals surface area contributed by atoms with E-state index in [1.165, 1.54) is 5.56 Å². The average Bonchev–Trinajstić information content (AvgIpc) is 2.67. The number of rotatable bonds is 2. The molecule has 0 bridgehead atoms. The molecule has 0 saturated heterocycles. The molecule has 4 aromatic rings. The molecule has 4 rings (SSSR count). The van der Waals surface area contributed by atoms with Crippen LogP contribution in [-0.2, 0) is 12.0 Å². The van der Waals surface area contributed by atoms with Gasteiger partial charge in [-0.3, -0.25) is 0 Å². The van der Waals surface area contributed by atoms with Gasteiger partial charge in [0, 0.05) is 16.7 Å². The Hall–Kier alpha value is -3.04. The van der Waals surface area contributed by atoms with Crippen molar-refractivity contribution in [3.05, 3.63) is 71.8 Å². The zero-order valence-electron chi connectivity index (χ0n) is 16.3. The highest BCUT2D eigenvalue weighted by Crippen LogP contribution is 2.46. The van der Waals surface area contributed by atoms with Gasteiger partial charge in [-0.2, -0.15) is 0 Å². The molecule has 3 N–H and O–H groups in total. The van der Waals surface area contributed by atoms with E-state index in [2.05, 4.69) is 32.9 Å². The third-order valence-corrected chi connectivity index (χ3v) is 5.39. The fourth-order valence-electron chi connectivity index (χ4n) is 3.82. The lowest BCUT2D eigenvalue weighted by atomic mass is 9.84. The Morgan fingerprint density at radius 2 is 1.43 bits per heavy atom. The van der Waals surface area contributed by atoms with Crippen LogP contribution in [0, 0.1) is 0 Å². The quantitative estimate of drug-likeness (QED) is 0.413. The molecule has 3 nitrogen and oxygen atoms in total. The number of benzene rings is 4. The lowest BCUT2D eigenvalue weighted by Crippen LogP contribution is -2.10. The van der Waals surface area contributed by atoms with Crippen molar-refractivity contribution in [2.45, 2.75) is 32.8 Å². The first-order chi connectivity index (χ1) is 13.3. The van der Waals surface area contributed by atoms with E-state index in [9.17, 15) is 15.3 Å². The van der Waals surface area contributed by atoms with E-state index >= 15 is 0 Å². The number of phenolic OH excluding ortho intramolecular Hbond substituents is 1. The molecule has 4 aromatic carbocycles. The van der Waals surface area contributed by atoms with Crippen LogP contribution >= 0.6 is 0 Å². The molecule has 28 heavy (non-hydrogen) atoms. The Balaban J connectivity index is 2.13. The Kier molecular flexibility index (Phi) is 4.28. The molecule has 0 fully saturated rings. The SMILES string of the molecule is CC(C)(C)c1ccc2c(-c3c(O)c(CO)cc4ccccc34)c(O)ccc2c1. The zero-order valence-corrected chi connectivity index (χ0v) is 16.3. The second kappa shape index (κ2) is 6.54. The van der Waals surface area contributed by atoms with Gasteiger partial charge < -0.3 is 15.3 Å². The second-order valence-corrected chi connectivity index (χ2v) is 8.28. The molecule has 0 saturated carbocycles. The van der Waals surface area contributed by atoms with Gasteiger partial charge in [0.25, 0.3) is 0 Å². The molecule has 0 aliphatic heterocycles. The van der Waals surface area contributed by atoms with Crippen LogP contribution in [0.25, 0.3) is 32.7 Å². The number of phenols is 2. The van der Waals surface area contributed by atoms with Gasteiger partial charge in [0.1, 0.15) is 11.5 Å². The van der Waals surface area contributed by atoms with Gasteiger partial charge in [-0.1, -0.05) is 69.3 Å². The van der Waals surface area contributed by atoms with E-state index in [1.54, 1.807) is 12.1 Å². The highest BCUT2D eigenvalue weighted by atomic mass is 16.3. The third kappa shape index (κ3) is 2.88. The molecule has 3 heteroatoms. The first-order valence-corrected chi connectivity index (χ1v) is 9.42. The molecule has 0 aliphatic rings. The van der Waals surface area contributed by atoms with Crippen molar-refractivity contribution >= 4 is 21.5 Å². The molecule has 0 heterocycles. The molecule has 142 valence electrons. The molecule has 0 spiro atoms. The molecule has 0 radical (unpaired) electrons. The number of aliphatic hydroxyl groups is 1. The van der Waals surface area contributed by atoms with Crippen molar-refractivity contribution in [2.75, 3.05) is 0 Å². The smallest absolute Gasteiger partial charge is 0.129 e. The van der Waals surface area contributed by atoms with Crippen molar-refractivity contribution in [1.82, 2.24) is 0 Å². The van der Waals surface area contributed by atoms with Crippen LogP contribution in [0.5, 0.6) is 11.5 Å². The summed E-state index contributed by atoms with van der Waals surface area (Å²) < 4.78 is 0. The van der Waals surface area contributed by atoms with Crippen LogP contribution in [0.3, 0.4) is 0 Å². The van der Waals surface area contributed by atoms with E-state index < -0.39 is 0 Å². The minimum atomic E-state index is -0.274. The number of hydrogen-bond donors (Lipinski definition) is 3. The molecular weight excluding hydrogens is 348 g/mol. The van der Waals surface area contributed by atoms with Crippen molar-refractivity contribution in [1.29, 1.82) is 0 Å². The van der Waals surface area contributed by atoms with Gasteiger partial charge in [0.05, 0.1) is 6.61 Å². The third-order valence-electron chi connectivity index (χ3n) is 5.39. The summed E-state index contributed by atoms with van der Waals surface area (Å²) in [6.07, 6.45) is 0. The van der Waals surface area contributed by atoms with Gasteiger partial charge in [-0.25, -0.2) is 0 Å². The van der Waals surface area contributed by atoms with E-state index in [1.807, 2.05) is 36.4 Å². The minimum absolute atomic E-state index is 0.00361. The van der Waals surface area contributed by atoms with Gasteiger partial charge >= 0.3 is 0 Å². The summed E-state index contributed by atoms with van der Waals surface area (Å²) in [6.45, 7) is 6.22. The molecule has 0 unspecified atom stereocenters. The van der Waals surface area contributed by atoms with Gasteiger partial charge in [-0.05, 0) is 44.7 Å². The highest BCUT2D eigenvalue weighted by Gasteiger charge is 2.21. The van der Waals surface area contributed by atoms with Crippen molar-refractivity contribution < 1.29 is 15.3 Å². The summed E-state index contributed by atoms with van der Waals surface area (Å²) >= 11 is 0. The van der Waals surface area contributed by atoms with Crippen LogP contribution in [0.15, 0.2) is 60.7 Å². The van der Waals surface area contributed by atoms with Gasteiger partial charge in [0.15, 0.2) is 0 Å². The van der Waals surface area contributed by atoms with Gasteiger partial charge in [-0.15, -0.1) is 0 Å². The normalized spacial score (nSPS) is 12.0. The Morgan fingerprint density at radius 3 is 2.14 bits per heavy atom. The summed E-state index contributed by atoms with van der Waals surface area (Å²) in [5.74, 6) is 0.107. The fourth-order valence-corrected chi connectivity index (χ4v) is 3.82. The number of aromatic hydroxyl groups is 2. The Morgan fingerprint density at radius 1 is 0.750 bits per heavy atom. The van der Waals surface area contributed by atoms with Crippen molar-refractivity contribution in [3.63, 3.8) is 0 Å². The predicted molar refractivity (Wildman–Crippen MR) is 115 cm³/mol. The summed E-state index contributed by atoms with van der Waals surface area (Å²) in [6, 6.07) is 19.3. The second-order valence-electron chi connectivity index (χ2n) is 8.28. The van der Waals surface area contributed by atoms with E-state index in [4.69, 9.17) is 0 Å². The van der Waals surface area contributed by atoms with Crippen LogP contribution < -0.4 is 0 Å². The van der Waals surface area contributed by atoms with Crippen LogP contribution in [0.1, 0.15) is 31.9 Å². The highest BCUT2D eigenvalue weighted by molar-refractivity contribution is 6.10. The summed E-state index contributed by atoms with van der Waals surface area (Å²) in [4.78, 5) is 0. The zero-order chi connectivity index (χ0) is 20.1. The van der Waals surface area contributed by atoms with Crippen LogP contribution in [0.4, 0.5) is 0 Å². The minimum Gasteiger partial charge on any atom is -0.507 e. The predicted octanol–water partition coefficient (Wildman–Crippen LogP) is 5.86. The fraction of sp³-hybridized carbons (Fsp3) is 0.200. The van der Waals surface area contributed by atoms with Crippen molar-refractivity contribution in [2.24, 2.45) is 0 Å². The first kappa shape index (κ1) is 18.3. The first-order valence-electron chi connectivity index (χ1n) is 9.42. The maximum Gasteiger partial charge on any atom is 0.129 e. The summed E-state index contributed by atoms with van der Waals surface area (Å²) in [7, 11) is 0. The van der Waals surface area contributed by atoms with E-state index in [-0.39, 0.29) is 23.5 Å². The monoisotopic (exact) mass is 372 g/mol. The molecule has 0 atom stereocenters. The van der Waals surface area contributed by atoms with Crippen LogP contribution in [0.2, 0.25) is 0 Å². The van der Waals surface area contributed by atoms with E-state index in [0.717, 1.165) is 21.5 Å². The number of hydrogen-bond acceptors (Lipinski definition) is 3. The molecule has 0 aliphatic carbocycles. The topological polar surface area (TPSA) is 60.7 Å². The lowest BCUT2D eigenvalue weighted by Gasteiger charge is -2.21. The molecule has 0 amide bonds. The Bertz CT molecular complexity index is 1200. The average molecular weight is 372 g/mol. The lowest BCUT2D eigenvalue weighted by molar-refractivity contribution is 0.276. The maximum atomic E-state index is 10.9. The summed E-state index contributed by atoms with van der Waals surface area (Å²) in [5, 5.41) is 35.0. The van der Waals surface area contributed by atoms with Crippen molar-refractivity contribution in [3.8, 4) is 22.6 Å². The standard InChI is InChI=1S/C25H24O3/c1-25(2,3)18-9-10-20-16(13-18)8-11-21(27)22(20)23-19-7-5-4-6-15(19)12-17(14-26)24(23)28/h4-13,26-28H,14H2,1-3H3. The largest absolute Gasteiger partial charge is 0.507 e. The molecule has 0 aromatic heterocycles. The number of fused-ring (bicyclic) bond motifs is 2.